The summed E-state index contributed by atoms with van der Waals surface area (Å²) in [6.45, 7) is 5.34. The SMILES string of the molecule is COc1ccc(OC/C(=C/N)N(N)COC(=O)C(C)(C)C)cc1. The van der Waals surface area contributed by atoms with E-state index in [1.165, 1.54) is 11.2 Å². The third kappa shape index (κ3) is 6.07. The van der Waals surface area contributed by atoms with Crippen molar-refractivity contribution in [1.82, 2.24) is 5.01 Å². The van der Waals surface area contributed by atoms with Crippen LogP contribution in [-0.4, -0.2) is 31.4 Å². The van der Waals surface area contributed by atoms with E-state index in [9.17, 15) is 4.79 Å². The minimum absolute atomic E-state index is 0.106. The second-order valence-corrected chi connectivity index (χ2v) is 5.90. The van der Waals surface area contributed by atoms with Crippen LogP contribution in [-0.2, 0) is 9.53 Å². The number of hydrazine groups is 1. The summed E-state index contributed by atoms with van der Waals surface area (Å²) in [7, 11) is 1.59. The van der Waals surface area contributed by atoms with Gasteiger partial charge < -0.3 is 19.9 Å². The van der Waals surface area contributed by atoms with Crippen molar-refractivity contribution in [2.75, 3.05) is 20.4 Å². The average Bonchev–Trinajstić information content (AvgIpc) is 2.52. The van der Waals surface area contributed by atoms with E-state index in [0.717, 1.165) is 5.75 Å². The Morgan fingerprint density at radius 3 is 2.26 bits per heavy atom. The third-order valence-electron chi connectivity index (χ3n) is 2.95. The van der Waals surface area contributed by atoms with E-state index in [0.29, 0.717) is 11.4 Å². The van der Waals surface area contributed by atoms with Gasteiger partial charge in [-0.25, -0.2) is 5.84 Å². The first-order chi connectivity index (χ1) is 10.8. The summed E-state index contributed by atoms with van der Waals surface area (Å²) in [6, 6.07) is 7.11. The number of nitrogens with two attached hydrogens (primary N) is 2. The van der Waals surface area contributed by atoms with Gasteiger partial charge in [-0.05, 0) is 45.0 Å². The summed E-state index contributed by atoms with van der Waals surface area (Å²) in [5.74, 6) is 6.87. The minimum Gasteiger partial charge on any atom is -0.497 e. The monoisotopic (exact) mass is 323 g/mol. The van der Waals surface area contributed by atoms with Crippen LogP contribution in [0.15, 0.2) is 36.2 Å². The highest BCUT2D eigenvalue weighted by Gasteiger charge is 2.23. The first-order valence-corrected chi connectivity index (χ1v) is 7.15. The van der Waals surface area contributed by atoms with E-state index in [1.54, 1.807) is 52.1 Å². The van der Waals surface area contributed by atoms with Crippen molar-refractivity contribution in [3.63, 3.8) is 0 Å². The first-order valence-electron chi connectivity index (χ1n) is 7.15. The van der Waals surface area contributed by atoms with Gasteiger partial charge in [0, 0.05) is 6.20 Å². The zero-order valence-corrected chi connectivity index (χ0v) is 14.0. The van der Waals surface area contributed by atoms with Crippen molar-refractivity contribution >= 4 is 5.97 Å². The summed E-state index contributed by atoms with van der Waals surface area (Å²) >= 11 is 0. The van der Waals surface area contributed by atoms with Gasteiger partial charge in [0.15, 0.2) is 6.73 Å². The predicted molar refractivity (Wildman–Crippen MR) is 87.2 cm³/mol. The molecule has 0 heterocycles. The van der Waals surface area contributed by atoms with Gasteiger partial charge in [0.25, 0.3) is 0 Å². The van der Waals surface area contributed by atoms with Gasteiger partial charge in [-0.2, -0.15) is 0 Å². The first kappa shape index (κ1) is 18.6. The van der Waals surface area contributed by atoms with E-state index < -0.39 is 5.41 Å². The number of hydrogen-bond donors (Lipinski definition) is 2. The number of esters is 1. The second-order valence-electron chi connectivity index (χ2n) is 5.90. The number of ether oxygens (including phenoxy) is 3. The number of methoxy groups -OCH3 is 1. The van der Waals surface area contributed by atoms with Crippen LogP contribution in [0.1, 0.15) is 20.8 Å². The van der Waals surface area contributed by atoms with E-state index in [1.807, 2.05) is 0 Å². The maximum atomic E-state index is 11.7. The lowest BCUT2D eigenvalue weighted by molar-refractivity contribution is -0.157. The Morgan fingerprint density at radius 2 is 1.78 bits per heavy atom. The van der Waals surface area contributed by atoms with Crippen LogP contribution in [0.5, 0.6) is 11.5 Å². The Labute approximate surface area is 136 Å². The quantitative estimate of drug-likeness (QED) is 0.340. The summed E-state index contributed by atoms with van der Waals surface area (Å²) in [4.78, 5) is 11.7. The molecule has 1 aromatic rings. The van der Waals surface area contributed by atoms with Crippen molar-refractivity contribution in [1.29, 1.82) is 0 Å². The molecule has 1 aromatic carbocycles. The molecule has 0 spiro atoms. The molecule has 0 amide bonds. The Balaban J connectivity index is 2.51. The van der Waals surface area contributed by atoms with Crippen LogP contribution >= 0.6 is 0 Å². The molecule has 0 saturated heterocycles. The zero-order valence-electron chi connectivity index (χ0n) is 14.0. The molecule has 1 rings (SSSR count). The lowest BCUT2D eigenvalue weighted by atomic mass is 9.98. The van der Waals surface area contributed by atoms with Gasteiger partial charge in [0.05, 0.1) is 18.2 Å². The summed E-state index contributed by atoms with van der Waals surface area (Å²) in [5.41, 5.74) is 5.45. The second kappa shape index (κ2) is 8.28. The van der Waals surface area contributed by atoms with Crippen LogP contribution in [0.3, 0.4) is 0 Å². The standard InChI is InChI=1S/C16H25N3O4/c1-16(2,3)15(20)23-11-19(18)12(9-17)10-22-14-7-5-13(21-4)6-8-14/h5-9H,10-11,17-18H2,1-4H3/b12-9-. The fourth-order valence-corrected chi connectivity index (χ4v) is 1.48. The van der Waals surface area contributed by atoms with Gasteiger partial charge in [-0.3, -0.25) is 9.80 Å². The molecule has 0 aromatic heterocycles. The molecule has 0 aliphatic rings. The fraction of sp³-hybridized carbons (Fsp3) is 0.438. The molecule has 23 heavy (non-hydrogen) atoms. The smallest absolute Gasteiger partial charge is 0.312 e. The number of carbonyl (C=O) groups excluding carboxylic acids is 1. The van der Waals surface area contributed by atoms with E-state index in [2.05, 4.69) is 0 Å². The molecule has 0 fully saturated rings. The molecule has 0 atom stereocenters. The maximum Gasteiger partial charge on any atom is 0.312 e. The van der Waals surface area contributed by atoms with Crippen LogP contribution in [0.4, 0.5) is 0 Å². The van der Waals surface area contributed by atoms with Crippen LogP contribution in [0, 0.1) is 5.41 Å². The third-order valence-corrected chi connectivity index (χ3v) is 2.95. The molecule has 128 valence electrons. The molecule has 0 unspecified atom stereocenters. The number of hydrogen-bond acceptors (Lipinski definition) is 7. The molecule has 0 bridgehead atoms. The van der Waals surface area contributed by atoms with E-state index >= 15 is 0 Å². The van der Waals surface area contributed by atoms with Gasteiger partial charge >= 0.3 is 5.97 Å². The summed E-state index contributed by atoms with van der Waals surface area (Å²) < 4.78 is 15.8. The van der Waals surface area contributed by atoms with E-state index in [4.69, 9.17) is 25.8 Å². The van der Waals surface area contributed by atoms with Crippen molar-refractivity contribution in [3.8, 4) is 11.5 Å². The van der Waals surface area contributed by atoms with Crippen LogP contribution in [0.2, 0.25) is 0 Å². The maximum absolute atomic E-state index is 11.7. The molecule has 7 nitrogen and oxygen atoms in total. The van der Waals surface area contributed by atoms with Gasteiger partial charge in [-0.1, -0.05) is 0 Å². The van der Waals surface area contributed by atoms with Crippen molar-refractivity contribution < 1.29 is 19.0 Å². The van der Waals surface area contributed by atoms with Crippen molar-refractivity contribution in [2.24, 2.45) is 17.0 Å². The highest BCUT2D eigenvalue weighted by Crippen LogP contribution is 2.18. The highest BCUT2D eigenvalue weighted by atomic mass is 16.5. The van der Waals surface area contributed by atoms with Gasteiger partial charge in [-0.15, -0.1) is 0 Å². The topological polar surface area (TPSA) is 100 Å². The van der Waals surface area contributed by atoms with Crippen molar-refractivity contribution in [2.45, 2.75) is 20.8 Å². The van der Waals surface area contributed by atoms with Crippen LogP contribution in [0.25, 0.3) is 0 Å². The Kier molecular flexibility index (Phi) is 6.71. The summed E-state index contributed by atoms with van der Waals surface area (Å²) in [6.07, 6.45) is 1.31. The molecular weight excluding hydrogens is 298 g/mol. The van der Waals surface area contributed by atoms with Crippen molar-refractivity contribution in [3.05, 3.63) is 36.2 Å². The summed E-state index contributed by atoms with van der Waals surface area (Å²) in [5, 5.41) is 1.23. The largest absolute Gasteiger partial charge is 0.497 e. The number of benzene rings is 1. The molecule has 7 heteroatoms. The molecule has 4 N–H and O–H groups in total. The molecule has 0 aliphatic carbocycles. The number of nitrogens with zero attached hydrogens (tertiary/aromatic N) is 1. The number of carbonyl (C=O) groups is 1. The van der Waals surface area contributed by atoms with Gasteiger partial charge in [0.2, 0.25) is 0 Å². The Morgan fingerprint density at radius 1 is 1.22 bits per heavy atom. The molecule has 0 radical (unpaired) electrons. The Bertz CT molecular complexity index is 535. The Hall–Kier alpha value is -2.41. The number of rotatable bonds is 7. The molecular formula is C16H25N3O4. The lowest BCUT2D eigenvalue weighted by Crippen LogP contribution is -2.38. The zero-order chi connectivity index (χ0) is 17.5. The molecule has 0 saturated carbocycles. The minimum atomic E-state index is -0.590. The molecule has 0 aliphatic heterocycles. The van der Waals surface area contributed by atoms with Crippen LogP contribution < -0.4 is 21.1 Å². The fourth-order valence-electron chi connectivity index (χ4n) is 1.48. The normalized spacial score (nSPS) is 11.8. The average molecular weight is 323 g/mol. The predicted octanol–water partition coefficient (Wildman–Crippen LogP) is 1.60. The van der Waals surface area contributed by atoms with E-state index in [-0.39, 0.29) is 19.3 Å². The highest BCUT2D eigenvalue weighted by molar-refractivity contribution is 5.75. The lowest BCUT2D eigenvalue weighted by Gasteiger charge is -2.24. The van der Waals surface area contributed by atoms with Gasteiger partial charge in [0.1, 0.15) is 18.1 Å².